The van der Waals surface area contributed by atoms with Crippen LogP contribution in [0.15, 0.2) is 0 Å². The van der Waals surface area contributed by atoms with Gasteiger partial charge >= 0.3 is 0 Å². The number of rotatable bonds is 5. The van der Waals surface area contributed by atoms with E-state index in [4.69, 9.17) is 10.00 Å². The maximum absolute atomic E-state index is 9.12. The van der Waals surface area contributed by atoms with E-state index >= 15 is 0 Å². The molecule has 1 aliphatic rings. The third-order valence-electron chi connectivity index (χ3n) is 2.76. The summed E-state index contributed by atoms with van der Waals surface area (Å²) < 4.78 is 5.77. The largest absolute Gasteiger partial charge is 0.375 e. The molecule has 0 saturated heterocycles. The van der Waals surface area contributed by atoms with E-state index in [0.717, 1.165) is 12.8 Å². The number of ether oxygens (including phenoxy) is 1. The highest BCUT2D eigenvalue weighted by atomic mass is 16.5. The maximum atomic E-state index is 9.12. The predicted molar refractivity (Wildman–Crippen MR) is 60.5 cm³/mol. The van der Waals surface area contributed by atoms with E-state index in [0.29, 0.717) is 18.8 Å². The Morgan fingerprint density at radius 2 is 2.07 bits per heavy atom. The summed E-state index contributed by atoms with van der Waals surface area (Å²) in [5.41, 5.74) is -0.545. The van der Waals surface area contributed by atoms with E-state index in [9.17, 15) is 0 Å². The number of hydrogen-bond acceptors (Lipinski definition) is 3. The lowest BCUT2D eigenvalue weighted by atomic mass is 10.1. The average Bonchev–Trinajstić information content (AvgIpc) is 2.66. The normalized spacial score (nSPS) is 21.5. The fourth-order valence-electron chi connectivity index (χ4n) is 2.08. The van der Waals surface area contributed by atoms with Gasteiger partial charge in [0.25, 0.3) is 0 Å². The first kappa shape index (κ1) is 12.5. The second-order valence-corrected chi connectivity index (χ2v) is 4.96. The first-order valence-electron chi connectivity index (χ1n) is 5.86. The number of nitrogens with zero attached hydrogens (tertiary/aromatic N) is 1. The van der Waals surface area contributed by atoms with Crippen LogP contribution in [0.2, 0.25) is 0 Å². The Hall–Kier alpha value is -0.590. The minimum Gasteiger partial charge on any atom is -0.375 e. The van der Waals surface area contributed by atoms with E-state index in [-0.39, 0.29) is 0 Å². The Morgan fingerprint density at radius 1 is 1.47 bits per heavy atom. The van der Waals surface area contributed by atoms with Crippen LogP contribution in [-0.4, -0.2) is 24.3 Å². The number of nitrogens with one attached hydrogen (secondary N) is 1. The molecule has 0 aromatic carbocycles. The van der Waals surface area contributed by atoms with Crippen LogP contribution >= 0.6 is 0 Å². The SMILES string of the molecule is CC(C)NC(C)(C#N)COC1CCCC1. The predicted octanol–water partition coefficient (Wildman–Crippen LogP) is 2.23. The molecule has 15 heavy (non-hydrogen) atoms. The zero-order chi connectivity index (χ0) is 11.3. The van der Waals surface area contributed by atoms with E-state index in [1.54, 1.807) is 0 Å². The molecule has 0 aromatic heterocycles. The molecule has 3 heteroatoms. The standard InChI is InChI=1S/C12H22N2O/c1-10(2)14-12(3,8-13)9-15-11-6-4-5-7-11/h10-11,14H,4-7,9H2,1-3H3. The maximum Gasteiger partial charge on any atom is 0.127 e. The highest BCUT2D eigenvalue weighted by Crippen LogP contribution is 2.22. The van der Waals surface area contributed by atoms with Gasteiger partial charge in [-0.25, -0.2) is 0 Å². The monoisotopic (exact) mass is 210 g/mol. The Kier molecular flexibility index (Phi) is 4.56. The van der Waals surface area contributed by atoms with Gasteiger partial charge < -0.3 is 4.74 Å². The lowest BCUT2D eigenvalue weighted by Gasteiger charge is -2.27. The molecule has 1 N–H and O–H groups in total. The highest BCUT2D eigenvalue weighted by molar-refractivity contribution is 5.04. The van der Waals surface area contributed by atoms with Gasteiger partial charge in [0.1, 0.15) is 5.54 Å². The van der Waals surface area contributed by atoms with Gasteiger partial charge in [-0.05, 0) is 33.6 Å². The molecule has 1 saturated carbocycles. The molecule has 0 bridgehead atoms. The van der Waals surface area contributed by atoms with Crippen molar-refractivity contribution in [3.8, 4) is 6.07 Å². The number of hydrogen-bond donors (Lipinski definition) is 1. The van der Waals surface area contributed by atoms with Crippen molar-refractivity contribution >= 4 is 0 Å². The zero-order valence-electron chi connectivity index (χ0n) is 10.0. The lowest BCUT2D eigenvalue weighted by molar-refractivity contribution is 0.0297. The second-order valence-electron chi connectivity index (χ2n) is 4.96. The topological polar surface area (TPSA) is 45.0 Å². The fourth-order valence-corrected chi connectivity index (χ4v) is 2.08. The van der Waals surface area contributed by atoms with Gasteiger partial charge in [-0.1, -0.05) is 12.8 Å². The summed E-state index contributed by atoms with van der Waals surface area (Å²) in [4.78, 5) is 0. The van der Waals surface area contributed by atoms with Crippen molar-refractivity contribution in [2.45, 2.75) is 64.1 Å². The molecule has 0 aromatic rings. The minimum absolute atomic E-state index is 0.307. The van der Waals surface area contributed by atoms with Crippen molar-refractivity contribution in [1.29, 1.82) is 5.26 Å². The molecule has 3 nitrogen and oxygen atoms in total. The van der Waals surface area contributed by atoms with Crippen molar-refractivity contribution in [2.24, 2.45) is 0 Å². The van der Waals surface area contributed by atoms with Gasteiger partial charge in [-0.3, -0.25) is 5.32 Å². The molecule has 1 aliphatic carbocycles. The molecule has 0 heterocycles. The second kappa shape index (κ2) is 5.48. The summed E-state index contributed by atoms with van der Waals surface area (Å²) >= 11 is 0. The van der Waals surface area contributed by atoms with Crippen LogP contribution in [0.4, 0.5) is 0 Å². The fraction of sp³-hybridized carbons (Fsp3) is 0.917. The van der Waals surface area contributed by atoms with Crippen molar-refractivity contribution < 1.29 is 4.74 Å². The van der Waals surface area contributed by atoms with Crippen molar-refractivity contribution in [2.75, 3.05) is 6.61 Å². The summed E-state index contributed by atoms with van der Waals surface area (Å²) in [7, 11) is 0. The average molecular weight is 210 g/mol. The molecule has 0 amide bonds. The van der Waals surface area contributed by atoms with Gasteiger partial charge in [0, 0.05) is 6.04 Å². The molecule has 0 radical (unpaired) electrons. The van der Waals surface area contributed by atoms with Crippen molar-refractivity contribution in [1.82, 2.24) is 5.32 Å². The molecule has 1 rings (SSSR count). The van der Waals surface area contributed by atoms with E-state index in [2.05, 4.69) is 11.4 Å². The van der Waals surface area contributed by atoms with Crippen molar-refractivity contribution in [3.63, 3.8) is 0 Å². The van der Waals surface area contributed by atoms with E-state index in [1.165, 1.54) is 12.8 Å². The Morgan fingerprint density at radius 3 is 2.53 bits per heavy atom. The summed E-state index contributed by atoms with van der Waals surface area (Å²) in [6.45, 7) is 6.49. The summed E-state index contributed by atoms with van der Waals surface area (Å²) in [6, 6.07) is 2.60. The highest BCUT2D eigenvalue weighted by Gasteiger charge is 2.27. The van der Waals surface area contributed by atoms with Gasteiger partial charge in [0.2, 0.25) is 0 Å². The molecule has 0 aliphatic heterocycles. The van der Waals surface area contributed by atoms with Gasteiger partial charge in [-0.15, -0.1) is 0 Å². The lowest BCUT2D eigenvalue weighted by Crippen LogP contribution is -2.49. The van der Waals surface area contributed by atoms with Crippen LogP contribution in [-0.2, 0) is 4.74 Å². The van der Waals surface area contributed by atoms with Crippen LogP contribution in [0.3, 0.4) is 0 Å². The van der Waals surface area contributed by atoms with Crippen LogP contribution in [0.25, 0.3) is 0 Å². The molecule has 1 fully saturated rings. The Balaban J connectivity index is 2.35. The van der Waals surface area contributed by atoms with Crippen LogP contribution in [0.5, 0.6) is 0 Å². The van der Waals surface area contributed by atoms with Crippen LogP contribution in [0.1, 0.15) is 46.5 Å². The van der Waals surface area contributed by atoms with Gasteiger partial charge in [0.05, 0.1) is 18.8 Å². The van der Waals surface area contributed by atoms with Crippen LogP contribution < -0.4 is 5.32 Å². The molecule has 1 atom stereocenters. The summed E-state index contributed by atoms with van der Waals surface area (Å²) in [6.07, 6.45) is 5.23. The number of nitriles is 1. The summed E-state index contributed by atoms with van der Waals surface area (Å²) in [5.74, 6) is 0. The van der Waals surface area contributed by atoms with E-state index in [1.807, 2.05) is 20.8 Å². The first-order chi connectivity index (χ1) is 7.06. The van der Waals surface area contributed by atoms with Crippen LogP contribution in [0, 0.1) is 11.3 Å². The molecular formula is C12H22N2O. The molecule has 86 valence electrons. The third-order valence-corrected chi connectivity index (χ3v) is 2.76. The first-order valence-corrected chi connectivity index (χ1v) is 5.86. The Bertz CT molecular complexity index is 228. The molecule has 1 unspecified atom stereocenters. The smallest absolute Gasteiger partial charge is 0.127 e. The van der Waals surface area contributed by atoms with Gasteiger partial charge in [0.15, 0.2) is 0 Å². The van der Waals surface area contributed by atoms with Gasteiger partial charge in [-0.2, -0.15) is 5.26 Å². The quantitative estimate of drug-likeness (QED) is 0.756. The molecule has 0 spiro atoms. The Labute approximate surface area is 92.8 Å². The summed E-state index contributed by atoms with van der Waals surface area (Å²) in [5, 5.41) is 12.4. The third kappa shape index (κ3) is 4.19. The minimum atomic E-state index is -0.545. The van der Waals surface area contributed by atoms with Crippen molar-refractivity contribution in [3.05, 3.63) is 0 Å². The zero-order valence-corrected chi connectivity index (χ0v) is 10.0. The molecular weight excluding hydrogens is 188 g/mol. The van der Waals surface area contributed by atoms with E-state index < -0.39 is 5.54 Å².